The van der Waals surface area contributed by atoms with Crippen LogP contribution < -0.4 is 10.9 Å². The van der Waals surface area contributed by atoms with E-state index in [9.17, 15) is 22.8 Å². The number of aromatic nitrogens is 2. The van der Waals surface area contributed by atoms with Gasteiger partial charge in [-0.15, -0.1) is 11.3 Å². The van der Waals surface area contributed by atoms with Crippen molar-refractivity contribution in [1.29, 1.82) is 0 Å². The standard InChI is InChI=1S/C17H14F3N3O2S/c1-9-10(2)26-15-14(9)16(25)23(8-21-15)7-13(24)22-12-6-4-3-5-11(12)17(18,19)20/h3-6,8H,7H2,1-2H3,(H,22,24). The summed E-state index contributed by atoms with van der Waals surface area (Å²) in [6, 6.07) is 4.68. The third kappa shape index (κ3) is 3.34. The number of hydrogen-bond donors (Lipinski definition) is 1. The van der Waals surface area contributed by atoms with Crippen LogP contribution in [0.15, 0.2) is 35.4 Å². The highest BCUT2D eigenvalue weighted by Crippen LogP contribution is 2.34. The summed E-state index contributed by atoms with van der Waals surface area (Å²) in [5, 5.41) is 2.65. The number of aryl methyl sites for hydroxylation is 2. The maximum Gasteiger partial charge on any atom is 0.418 e. The maximum absolute atomic E-state index is 13.0. The molecule has 2 aromatic heterocycles. The van der Waals surface area contributed by atoms with E-state index in [-0.39, 0.29) is 5.69 Å². The molecule has 0 saturated heterocycles. The molecule has 1 aromatic carbocycles. The summed E-state index contributed by atoms with van der Waals surface area (Å²) in [6.07, 6.45) is -3.36. The molecule has 3 rings (SSSR count). The smallest absolute Gasteiger partial charge is 0.324 e. The SMILES string of the molecule is Cc1sc2ncn(CC(=O)Nc3ccccc3C(F)(F)F)c(=O)c2c1C. The van der Waals surface area contributed by atoms with E-state index in [1.165, 1.54) is 29.8 Å². The molecule has 0 bridgehead atoms. The molecule has 9 heteroatoms. The number of nitrogens with zero attached hydrogens (tertiary/aromatic N) is 2. The second-order valence-electron chi connectivity index (χ2n) is 5.73. The fourth-order valence-corrected chi connectivity index (χ4v) is 3.55. The van der Waals surface area contributed by atoms with Crippen LogP contribution in [0.2, 0.25) is 0 Å². The Bertz CT molecular complexity index is 1050. The summed E-state index contributed by atoms with van der Waals surface area (Å²) in [7, 11) is 0. The minimum absolute atomic E-state index is 0.352. The van der Waals surface area contributed by atoms with Gasteiger partial charge in [-0.25, -0.2) is 4.98 Å². The predicted molar refractivity (Wildman–Crippen MR) is 93.4 cm³/mol. The number of halogens is 3. The van der Waals surface area contributed by atoms with Gasteiger partial charge in [0.05, 0.1) is 23.0 Å². The van der Waals surface area contributed by atoms with Crippen molar-refractivity contribution in [1.82, 2.24) is 9.55 Å². The molecular weight excluding hydrogens is 367 g/mol. The van der Waals surface area contributed by atoms with Gasteiger partial charge in [-0.1, -0.05) is 12.1 Å². The molecule has 0 aliphatic rings. The Morgan fingerprint density at radius 3 is 2.65 bits per heavy atom. The molecule has 0 spiro atoms. The normalized spacial score (nSPS) is 11.7. The third-order valence-corrected chi connectivity index (χ3v) is 5.09. The van der Waals surface area contributed by atoms with Crippen LogP contribution in [0.5, 0.6) is 0 Å². The number of amides is 1. The highest BCUT2D eigenvalue weighted by atomic mass is 32.1. The summed E-state index contributed by atoms with van der Waals surface area (Å²) < 4.78 is 40.1. The lowest BCUT2D eigenvalue weighted by Gasteiger charge is -2.13. The van der Waals surface area contributed by atoms with Gasteiger partial charge in [0, 0.05) is 4.88 Å². The van der Waals surface area contributed by atoms with E-state index >= 15 is 0 Å². The van der Waals surface area contributed by atoms with Crippen LogP contribution in [0.4, 0.5) is 18.9 Å². The zero-order valence-electron chi connectivity index (χ0n) is 13.8. The summed E-state index contributed by atoms with van der Waals surface area (Å²) in [4.78, 5) is 30.4. The van der Waals surface area contributed by atoms with E-state index in [0.29, 0.717) is 10.2 Å². The molecule has 136 valence electrons. The lowest BCUT2D eigenvalue weighted by molar-refractivity contribution is -0.137. The first-order valence-corrected chi connectivity index (χ1v) is 8.41. The fraction of sp³-hybridized carbons (Fsp3) is 0.235. The summed E-state index contributed by atoms with van der Waals surface area (Å²) >= 11 is 1.38. The Morgan fingerprint density at radius 1 is 1.27 bits per heavy atom. The number of carbonyl (C=O) groups excluding carboxylic acids is 1. The van der Waals surface area contributed by atoms with Crippen molar-refractivity contribution in [2.45, 2.75) is 26.6 Å². The topological polar surface area (TPSA) is 64.0 Å². The average Bonchev–Trinajstić information content (AvgIpc) is 2.85. The second-order valence-corrected chi connectivity index (χ2v) is 6.94. The monoisotopic (exact) mass is 381 g/mol. The fourth-order valence-electron chi connectivity index (χ4n) is 2.57. The van der Waals surface area contributed by atoms with Crippen LogP contribution in [0.1, 0.15) is 16.0 Å². The van der Waals surface area contributed by atoms with Gasteiger partial charge >= 0.3 is 6.18 Å². The van der Waals surface area contributed by atoms with E-state index in [1.807, 2.05) is 6.92 Å². The van der Waals surface area contributed by atoms with Crippen molar-refractivity contribution in [3.05, 3.63) is 57.0 Å². The predicted octanol–water partition coefficient (Wildman–Crippen LogP) is 3.73. The van der Waals surface area contributed by atoms with Crippen LogP contribution in [0.3, 0.4) is 0 Å². The molecule has 5 nitrogen and oxygen atoms in total. The van der Waals surface area contributed by atoms with Gasteiger partial charge in [-0.2, -0.15) is 13.2 Å². The molecule has 2 heterocycles. The molecule has 1 N–H and O–H groups in total. The Balaban J connectivity index is 1.88. The number of thiophene rings is 1. The van der Waals surface area contributed by atoms with E-state index in [0.717, 1.165) is 27.1 Å². The Morgan fingerprint density at radius 2 is 1.96 bits per heavy atom. The van der Waals surface area contributed by atoms with E-state index in [1.54, 1.807) is 6.92 Å². The lowest BCUT2D eigenvalue weighted by Crippen LogP contribution is -2.28. The first-order chi connectivity index (χ1) is 12.2. The number of anilines is 1. The summed E-state index contributed by atoms with van der Waals surface area (Å²) in [5.41, 5.74) is -0.899. The molecule has 3 aromatic rings. The maximum atomic E-state index is 13.0. The zero-order valence-corrected chi connectivity index (χ0v) is 14.7. The Hall–Kier alpha value is -2.68. The number of fused-ring (bicyclic) bond motifs is 1. The highest BCUT2D eigenvalue weighted by molar-refractivity contribution is 7.18. The molecule has 0 fully saturated rings. The average molecular weight is 381 g/mol. The quantitative estimate of drug-likeness (QED) is 0.752. The first kappa shape index (κ1) is 18.1. The molecule has 0 atom stereocenters. The Kier molecular flexibility index (Phi) is 4.57. The highest BCUT2D eigenvalue weighted by Gasteiger charge is 2.33. The van der Waals surface area contributed by atoms with Crippen LogP contribution in [-0.4, -0.2) is 15.5 Å². The number of benzene rings is 1. The van der Waals surface area contributed by atoms with Crippen molar-refractivity contribution in [3.63, 3.8) is 0 Å². The van der Waals surface area contributed by atoms with E-state index in [2.05, 4.69) is 10.3 Å². The van der Waals surface area contributed by atoms with Crippen molar-refractivity contribution >= 4 is 33.1 Å². The molecular formula is C17H14F3N3O2S. The van der Waals surface area contributed by atoms with Gasteiger partial charge in [0.25, 0.3) is 5.56 Å². The van der Waals surface area contributed by atoms with Gasteiger partial charge in [-0.05, 0) is 31.5 Å². The molecule has 0 aliphatic carbocycles. The largest absolute Gasteiger partial charge is 0.418 e. The third-order valence-electron chi connectivity index (χ3n) is 3.98. The lowest BCUT2D eigenvalue weighted by atomic mass is 10.1. The number of rotatable bonds is 3. The van der Waals surface area contributed by atoms with Crippen molar-refractivity contribution in [2.24, 2.45) is 0 Å². The van der Waals surface area contributed by atoms with Crippen LogP contribution in [0, 0.1) is 13.8 Å². The van der Waals surface area contributed by atoms with Gasteiger partial charge in [0.2, 0.25) is 5.91 Å². The minimum atomic E-state index is -4.59. The van der Waals surface area contributed by atoms with Crippen molar-refractivity contribution < 1.29 is 18.0 Å². The Labute approximate surface area is 150 Å². The first-order valence-electron chi connectivity index (χ1n) is 7.59. The van der Waals surface area contributed by atoms with Crippen LogP contribution >= 0.6 is 11.3 Å². The molecule has 26 heavy (non-hydrogen) atoms. The van der Waals surface area contributed by atoms with Gasteiger partial charge < -0.3 is 5.32 Å². The number of para-hydroxylation sites is 1. The number of nitrogens with one attached hydrogen (secondary N) is 1. The molecule has 0 aliphatic heterocycles. The van der Waals surface area contributed by atoms with Crippen molar-refractivity contribution in [2.75, 3.05) is 5.32 Å². The van der Waals surface area contributed by atoms with Crippen LogP contribution in [-0.2, 0) is 17.5 Å². The molecule has 1 amide bonds. The van der Waals surface area contributed by atoms with E-state index < -0.39 is 29.8 Å². The zero-order chi connectivity index (χ0) is 19.1. The number of alkyl halides is 3. The van der Waals surface area contributed by atoms with Gasteiger partial charge in [0.15, 0.2) is 0 Å². The van der Waals surface area contributed by atoms with Gasteiger partial charge in [-0.3, -0.25) is 14.2 Å². The number of carbonyl (C=O) groups is 1. The second kappa shape index (κ2) is 6.56. The van der Waals surface area contributed by atoms with E-state index in [4.69, 9.17) is 0 Å². The van der Waals surface area contributed by atoms with Crippen molar-refractivity contribution in [3.8, 4) is 0 Å². The minimum Gasteiger partial charge on any atom is -0.324 e. The molecule has 0 radical (unpaired) electrons. The van der Waals surface area contributed by atoms with Gasteiger partial charge in [0.1, 0.15) is 11.4 Å². The van der Waals surface area contributed by atoms with Crippen LogP contribution in [0.25, 0.3) is 10.2 Å². The number of hydrogen-bond acceptors (Lipinski definition) is 4. The molecule has 0 unspecified atom stereocenters. The summed E-state index contributed by atoms with van der Waals surface area (Å²) in [6.45, 7) is 3.23. The summed E-state index contributed by atoms with van der Waals surface area (Å²) in [5.74, 6) is -0.741. The molecule has 0 saturated carbocycles.